The van der Waals surface area contributed by atoms with Crippen molar-refractivity contribution >= 4 is 17.3 Å². The Labute approximate surface area is 144 Å². The molecule has 2 N–H and O–H groups in total. The molecule has 0 fully saturated rings. The summed E-state index contributed by atoms with van der Waals surface area (Å²) in [7, 11) is 0. The first-order chi connectivity index (χ1) is 11.3. The summed E-state index contributed by atoms with van der Waals surface area (Å²) < 4.78 is 5.59. The van der Waals surface area contributed by atoms with Gasteiger partial charge in [0.05, 0.1) is 12.6 Å². The van der Waals surface area contributed by atoms with E-state index in [1.165, 1.54) is 5.56 Å². The van der Waals surface area contributed by atoms with Crippen LogP contribution < -0.4 is 15.4 Å². The second kappa shape index (κ2) is 7.86. The molecular formula is C20H26N2O2. The zero-order valence-corrected chi connectivity index (χ0v) is 15.1. The van der Waals surface area contributed by atoms with Crippen molar-refractivity contribution in [1.29, 1.82) is 0 Å². The monoisotopic (exact) mass is 326 g/mol. The van der Waals surface area contributed by atoms with Crippen LogP contribution in [0.15, 0.2) is 36.4 Å². The maximum Gasteiger partial charge on any atom is 0.243 e. The van der Waals surface area contributed by atoms with Crippen LogP contribution in [0.3, 0.4) is 0 Å². The number of benzene rings is 2. The van der Waals surface area contributed by atoms with Gasteiger partial charge < -0.3 is 15.4 Å². The molecule has 0 saturated carbocycles. The lowest BCUT2D eigenvalue weighted by atomic mass is 10.1. The van der Waals surface area contributed by atoms with Crippen LogP contribution >= 0.6 is 0 Å². The van der Waals surface area contributed by atoms with Crippen molar-refractivity contribution in [2.75, 3.05) is 17.2 Å². The van der Waals surface area contributed by atoms with E-state index in [1.54, 1.807) is 0 Å². The summed E-state index contributed by atoms with van der Waals surface area (Å²) in [5.41, 5.74) is 5.31. The van der Waals surface area contributed by atoms with Crippen LogP contribution in [0.5, 0.6) is 5.75 Å². The summed E-state index contributed by atoms with van der Waals surface area (Å²) in [6, 6.07) is 11.6. The first-order valence-electron chi connectivity index (χ1n) is 8.23. The fourth-order valence-corrected chi connectivity index (χ4v) is 2.72. The SMILES string of the molecule is Cc1cc(C)c(NCC(=O)Nc2ccc(OC(C)C)cc2)c(C)c1. The van der Waals surface area contributed by atoms with Crippen molar-refractivity contribution in [2.45, 2.75) is 40.7 Å². The van der Waals surface area contributed by atoms with E-state index in [9.17, 15) is 4.79 Å². The standard InChI is InChI=1S/C20H26N2O2/c1-13(2)24-18-8-6-17(7-9-18)22-19(23)12-21-20-15(4)10-14(3)11-16(20)5/h6-11,13,21H,12H2,1-5H3,(H,22,23). The quantitative estimate of drug-likeness (QED) is 0.824. The summed E-state index contributed by atoms with van der Waals surface area (Å²) in [6.07, 6.45) is 0.135. The molecule has 128 valence electrons. The van der Waals surface area contributed by atoms with Gasteiger partial charge in [0, 0.05) is 11.4 Å². The van der Waals surface area contributed by atoms with E-state index in [0.717, 1.165) is 28.3 Å². The topological polar surface area (TPSA) is 50.4 Å². The summed E-state index contributed by atoms with van der Waals surface area (Å²) in [4.78, 5) is 12.1. The van der Waals surface area contributed by atoms with Gasteiger partial charge >= 0.3 is 0 Å². The number of rotatable bonds is 6. The molecule has 0 aromatic heterocycles. The third kappa shape index (κ3) is 5.01. The van der Waals surface area contributed by atoms with E-state index in [2.05, 4.69) is 29.7 Å². The second-order valence-corrected chi connectivity index (χ2v) is 6.37. The summed E-state index contributed by atoms with van der Waals surface area (Å²) >= 11 is 0. The lowest BCUT2D eigenvalue weighted by Crippen LogP contribution is -2.22. The van der Waals surface area contributed by atoms with E-state index in [0.29, 0.717) is 0 Å². The third-order valence-electron chi connectivity index (χ3n) is 3.61. The van der Waals surface area contributed by atoms with Gasteiger partial charge in [-0.3, -0.25) is 4.79 Å². The van der Waals surface area contributed by atoms with Gasteiger partial charge in [-0.2, -0.15) is 0 Å². The van der Waals surface area contributed by atoms with Gasteiger partial charge in [-0.1, -0.05) is 17.7 Å². The molecular weight excluding hydrogens is 300 g/mol. The fraction of sp³-hybridized carbons (Fsp3) is 0.350. The zero-order chi connectivity index (χ0) is 17.7. The van der Waals surface area contributed by atoms with Crippen molar-refractivity contribution < 1.29 is 9.53 Å². The minimum Gasteiger partial charge on any atom is -0.491 e. The van der Waals surface area contributed by atoms with Crippen LogP contribution in [0.2, 0.25) is 0 Å². The van der Waals surface area contributed by atoms with Gasteiger partial charge in [-0.15, -0.1) is 0 Å². The second-order valence-electron chi connectivity index (χ2n) is 6.37. The number of carbonyl (C=O) groups is 1. The highest BCUT2D eigenvalue weighted by atomic mass is 16.5. The third-order valence-corrected chi connectivity index (χ3v) is 3.61. The molecule has 2 aromatic rings. The van der Waals surface area contributed by atoms with Gasteiger partial charge in [0.2, 0.25) is 5.91 Å². The molecule has 0 unspecified atom stereocenters. The van der Waals surface area contributed by atoms with Gasteiger partial charge in [0.15, 0.2) is 0 Å². The van der Waals surface area contributed by atoms with Crippen molar-refractivity contribution in [2.24, 2.45) is 0 Å². The maximum atomic E-state index is 12.1. The smallest absolute Gasteiger partial charge is 0.243 e. The Bertz CT molecular complexity index is 683. The Balaban J connectivity index is 1.92. The van der Waals surface area contributed by atoms with Gasteiger partial charge in [-0.05, 0) is 70.0 Å². The lowest BCUT2D eigenvalue weighted by molar-refractivity contribution is -0.114. The van der Waals surface area contributed by atoms with Crippen molar-refractivity contribution in [3.8, 4) is 5.75 Å². The van der Waals surface area contributed by atoms with Gasteiger partial charge in [0.1, 0.15) is 5.75 Å². The zero-order valence-electron chi connectivity index (χ0n) is 15.1. The predicted molar refractivity (Wildman–Crippen MR) is 100.0 cm³/mol. The number of hydrogen-bond acceptors (Lipinski definition) is 3. The molecule has 0 bridgehead atoms. The molecule has 0 aliphatic carbocycles. The number of aryl methyl sites for hydroxylation is 3. The van der Waals surface area contributed by atoms with Crippen molar-refractivity contribution in [3.63, 3.8) is 0 Å². The van der Waals surface area contributed by atoms with Crippen molar-refractivity contribution in [1.82, 2.24) is 0 Å². The Morgan fingerprint density at radius 1 is 1.04 bits per heavy atom. The van der Waals surface area contributed by atoms with E-state index in [1.807, 2.05) is 52.0 Å². The largest absolute Gasteiger partial charge is 0.491 e. The van der Waals surface area contributed by atoms with Gasteiger partial charge in [-0.25, -0.2) is 0 Å². The van der Waals surface area contributed by atoms with Crippen LogP contribution in [-0.2, 0) is 4.79 Å². The molecule has 1 amide bonds. The molecule has 0 aliphatic heterocycles. The van der Waals surface area contributed by atoms with E-state index < -0.39 is 0 Å². The molecule has 0 heterocycles. The molecule has 2 aromatic carbocycles. The highest BCUT2D eigenvalue weighted by Crippen LogP contribution is 2.22. The molecule has 2 rings (SSSR count). The average Bonchev–Trinajstić information content (AvgIpc) is 2.47. The Morgan fingerprint density at radius 2 is 1.62 bits per heavy atom. The molecule has 0 radical (unpaired) electrons. The minimum absolute atomic E-state index is 0.0769. The fourth-order valence-electron chi connectivity index (χ4n) is 2.72. The van der Waals surface area contributed by atoms with Crippen LogP contribution in [0.4, 0.5) is 11.4 Å². The minimum atomic E-state index is -0.0769. The van der Waals surface area contributed by atoms with Crippen LogP contribution in [0, 0.1) is 20.8 Å². The Hall–Kier alpha value is -2.49. The van der Waals surface area contributed by atoms with Crippen LogP contribution in [-0.4, -0.2) is 18.6 Å². The molecule has 0 atom stereocenters. The Kier molecular flexibility index (Phi) is 5.85. The normalized spacial score (nSPS) is 10.6. The number of nitrogens with one attached hydrogen (secondary N) is 2. The summed E-state index contributed by atoms with van der Waals surface area (Å²) in [5.74, 6) is 0.721. The number of amides is 1. The highest BCUT2D eigenvalue weighted by Gasteiger charge is 2.07. The van der Waals surface area contributed by atoms with E-state index in [4.69, 9.17) is 4.74 Å². The lowest BCUT2D eigenvalue weighted by Gasteiger charge is -2.14. The summed E-state index contributed by atoms with van der Waals surface area (Å²) in [6.45, 7) is 10.4. The number of anilines is 2. The molecule has 4 nitrogen and oxygen atoms in total. The van der Waals surface area contributed by atoms with E-state index in [-0.39, 0.29) is 18.6 Å². The van der Waals surface area contributed by atoms with E-state index >= 15 is 0 Å². The number of carbonyl (C=O) groups excluding carboxylic acids is 1. The molecule has 0 saturated heterocycles. The molecule has 0 spiro atoms. The van der Waals surface area contributed by atoms with Crippen LogP contribution in [0.25, 0.3) is 0 Å². The summed E-state index contributed by atoms with van der Waals surface area (Å²) in [5, 5.41) is 6.12. The van der Waals surface area contributed by atoms with Crippen molar-refractivity contribution in [3.05, 3.63) is 53.1 Å². The first kappa shape index (κ1) is 17.9. The highest BCUT2D eigenvalue weighted by molar-refractivity contribution is 5.94. The first-order valence-corrected chi connectivity index (χ1v) is 8.23. The Morgan fingerprint density at radius 3 is 2.17 bits per heavy atom. The number of ether oxygens (including phenoxy) is 1. The van der Waals surface area contributed by atoms with Gasteiger partial charge in [0.25, 0.3) is 0 Å². The molecule has 4 heteroatoms. The van der Waals surface area contributed by atoms with Crippen LogP contribution in [0.1, 0.15) is 30.5 Å². The predicted octanol–water partition coefficient (Wildman–Crippen LogP) is 4.45. The molecule has 0 aliphatic rings. The number of hydrogen-bond donors (Lipinski definition) is 2. The molecule has 24 heavy (non-hydrogen) atoms. The maximum absolute atomic E-state index is 12.1. The average molecular weight is 326 g/mol.